The van der Waals surface area contributed by atoms with E-state index in [2.05, 4.69) is 17.1 Å². The maximum Gasteiger partial charge on any atom is 0.222 e. The van der Waals surface area contributed by atoms with Crippen LogP contribution < -0.4 is 5.32 Å². The van der Waals surface area contributed by atoms with Gasteiger partial charge in [0.2, 0.25) is 5.91 Å². The number of rotatable bonds is 5. The fourth-order valence-electron chi connectivity index (χ4n) is 2.10. The zero-order valence-electron chi connectivity index (χ0n) is 9.38. The smallest absolute Gasteiger partial charge is 0.222 e. The van der Waals surface area contributed by atoms with Gasteiger partial charge in [-0.15, -0.1) is 0 Å². The number of carbonyl (C=O) groups is 1. The van der Waals surface area contributed by atoms with E-state index in [0.717, 1.165) is 38.8 Å². The summed E-state index contributed by atoms with van der Waals surface area (Å²) in [6.07, 6.45) is 5.18. The summed E-state index contributed by atoms with van der Waals surface area (Å²) in [5, 5.41) is 3.15. The van der Waals surface area contributed by atoms with Gasteiger partial charge in [0.1, 0.15) is 0 Å². The first-order valence-electron chi connectivity index (χ1n) is 5.73. The van der Waals surface area contributed by atoms with Gasteiger partial charge in [-0.05, 0) is 39.3 Å². The molecule has 1 aliphatic rings. The first kappa shape index (κ1) is 11.5. The molecule has 1 rings (SSSR count). The van der Waals surface area contributed by atoms with Crippen molar-refractivity contribution in [3.8, 4) is 0 Å². The third-order valence-corrected chi connectivity index (χ3v) is 3.00. The normalized spacial score (nSPS) is 19.9. The van der Waals surface area contributed by atoms with Crippen molar-refractivity contribution >= 4 is 5.91 Å². The van der Waals surface area contributed by atoms with Crippen molar-refractivity contribution in [3.05, 3.63) is 0 Å². The van der Waals surface area contributed by atoms with Crippen molar-refractivity contribution in [1.29, 1.82) is 0 Å². The van der Waals surface area contributed by atoms with Crippen LogP contribution in [0.5, 0.6) is 0 Å². The maximum atomic E-state index is 11.7. The van der Waals surface area contributed by atoms with Crippen LogP contribution in [0.4, 0.5) is 0 Å². The highest BCUT2D eigenvalue weighted by Crippen LogP contribution is 2.17. The van der Waals surface area contributed by atoms with Gasteiger partial charge in [0.05, 0.1) is 0 Å². The number of piperidine rings is 1. The van der Waals surface area contributed by atoms with E-state index < -0.39 is 0 Å². The Labute approximate surface area is 86.9 Å². The van der Waals surface area contributed by atoms with Crippen molar-refractivity contribution in [2.45, 2.75) is 45.1 Å². The minimum atomic E-state index is 0.360. The highest BCUT2D eigenvalue weighted by Gasteiger charge is 2.24. The van der Waals surface area contributed by atoms with Crippen LogP contribution in [0, 0.1) is 0 Å². The third kappa shape index (κ3) is 2.98. The second-order valence-electron chi connectivity index (χ2n) is 4.00. The van der Waals surface area contributed by atoms with E-state index in [1.165, 1.54) is 6.42 Å². The van der Waals surface area contributed by atoms with Gasteiger partial charge in [-0.3, -0.25) is 4.79 Å². The molecule has 0 aromatic carbocycles. The Balaban J connectivity index is 2.44. The average molecular weight is 198 g/mol. The van der Waals surface area contributed by atoms with Crippen molar-refractivity contribution < 1.29 is 4.79 Å². The molecule has 1 N–H and O–H groups in total. The first-order valence-corrected chi connectivity index (χ1v) is 5.73. The number of likely N-dealkylation sites (tertiary alicyclic amines) is 1. The Morgan fingerprint density at radius 2 is 2.29 bits per heavy atom. The molecule has 3 nitrogen and oxygen atoms in total. The number of nitrogens with one attached hydrogen (secondary N) is 1. The molecule has 3 heteroatoms. The van der Waals surface area contributed by atoms with Gasteiger partial charge in [0.15, 0.2) is 0 Å². The highest BCUT2D eigenvalue weighted by molar-refractivity contribution is 5.77. The van der Waals surface area contributed by atoms with E-state index in [9.17, 15) is 4.79 Å². The Kier molecular flexibility index (Phi) is 4.94. The number of carbonyl (C=O) groups excluding carboxylic acids is 1. The maximum absolute atomic E-state index is 11.7. The molecule has 1 aliphatic heterocycles. The molecule has 1 atom stereocenters. The number of hydrogen-bond donors (Lipinski definition) is 1. The lowest BCUT2D eigenvalue weighted by atomic mass is 10.0. The number of amides is 1. The Morgan fingerprint density at radius 3 is 2.86 bits per heavy atom. The van der Waals surface area contributed by atoms with Crippen LogP contribution in [-0.4, -0.2) is 37.0 Å². The summed E-state index contributed by atoms with van der Waals surface area (Å²) in [5.41, 5.74) is 0. The molecule has 82 valence electrons. The molecule has 1 unspecified atom stereocenters. The molecule has 0 aromatic heterocycles. The summed E-state index contributed by atoms with van der Waals surface area (Å²) in [4.78, 5) is 13.7. The van der Waals surface area contributed by atoms with Crippen molar-refractivity contribution in [2.24, 2.45) is 0 Å². The van der Waals surface area contributed by atoms with Gasteiger partial charge in [-0.1, -0.05) is 6.92 Å². The van der Waals surface area contributed by atoms with Crippen molar-refractivity contribution in [3.63, 3.8) is 0 Å². The molecule has 0 aromatic rings. The predicted octanol–water partition coefficient (Wildman–Crippen LogP) is 1.39. The molecule has 0 radical (unpaired) electrons. The SMILES string of the molecule is CCC(CCNC)N1CCCCC1=O. The molecular weight excluding hydrogens is 176 g/mol. The van der Waals surface area contributed by atoms with E-state index in [1.54, 1.807) is 0 Å². The van der Waals surface area contributed by atoms with Crippen LogP contribution in [-0.2, 0) is 4.79 Å². The lowest BCUT2D eigenvalue weighted by Crippen LogP contribution is -2.44. The Hall–Kier alpha value is -0.570. The third-order valence-electron chi connectivity index (χ3n) is 3.00. The fraction of sp³-hybridized carbons (Fsp3) is 0.909. The Morgan fingerprint density at radius 1 is 1.50 bits per heavy atom. The standard InChI is InChI=1S/C11H22N2O/c1-3-10(7-8-12-2)13-9-5-4-6-11(13)14/h10,12H,3-9H2,1-2H3. The summed E-state index contributed by atoms with van der Waals surface area (Å²) < 4.78 is 0. The second kappa shape index (κ2) is 6.02. The summed E-state index contributed by atoms with van der Waals surface area (Å²) in [6, 6.07) is 0.454. The van der Waals surface area contributed by atoms with Crippen LogP contribution in [0.15, 0.2) is 0 Å². The molecular formula is C11H22N2O. The summed E-state index contributed by atoms with van der Waals surface area (Å²) in [7, 11) is 1.96. The zero-order chi connectivity index (χ0) is 10.4. The monoisotopic (exact) mass is 198 g/mol. The molecule has 1 saturated heterocycles. The second-order valence-corrected chi connectivity index (χ2v) is 4.00. The average Bonchev–Trinajstić information content (AvgIpc) is 2.21. The molecule has 0 saturated carbocycles. The van der Waals surface area contributed by atoms with Gasteiger partial charge >= 0.3 is 0 Å². The topological polar surface area (TPSA) is 32.3 Å². The van der Waals surface area contributed by atoms with Gasteiger partial charge in [0, 0.05) is 19.0 Å². The van der Waals surface area contributed by atoms with Gasteiger partial charge in [0.25, 0.3) is 0 Å². The van der Waals surface area contributed by atoms with E-state index in [1.807, 2.05) is 7.05 Å². The number of hydrogen-bond acceptors (Lipinski definition) is 2. The molecule has 0 bridgehead atoms. The molecule has 1 heterocycles. The summed E-state index contributed by atoms with van der Waals surface area (Å²) in [6.45, 7) is 4.14. The van der Waals surface area contributed by atoms with E-state index >= 15 is 0 Å². The molecule has 1 amide bonds. The summed E-state index contributed by atoms with van der Waals surface area (Å²) in [5.74, 6) is 0.360. The summed E-state index contributed by atoms with van der Waals surface area (Å²) >= 11 is 0. The highest BCUT2D eigenvalue weighted by atomic mass is 16.2. The van der Waals surface area contributed by atoms with Crippen LogP contribution in [0.25, 0.3) is 0 Å². The van der Waals surface area contributed by atoms with E-state index in [0.29, 0.717) is 11.9 Å². The van der Waals surface area contributed by atoms with Crippen LogP contribution >= 0.6 is 0 Å². The first-order chi connectivity index (χ1) is 6.79. The lowest BCUT2D eigenvalue weighted by Gasteiger charge is -2.34. The van der Waals surface area contributed by atoms with Gasteiger partial charge in [-0.25, -0.2) is 0 Å². The largest absolute Gasteiger partial charge is 0.340 e. The van der Waals surface area contributed by atoms with Crippen molar-refractivity contribution in [1.82, 2.24) is 10.2 Å². The van der Waals surface area contributed by atoms with Gasteiger partial charge < -0.3 is 10.2 Å². The van der Waals surface area contributed by atoms with E-state index in [4.69, 9.17) is 0 Å². The fourth-order valence-corrected chi connectivity index (χ4v) is 2.10. The Bertz CT molecular complexity index is 182. The molecule has 14 heavy (non-hydrogen) atoms. The lowest BCUT2D eigenvalue weighted by molar-refractivity contribution is -0.136. The predicted molar refractivity (Wildman–Crippen MR) is 58.2 cm³/mol. The minimum Gasteiger partial charge on any atom is -0.340 e. The number of nitrogens with zero attached hydrogens (tertiary/aromatic N) is 1. The van der Waals surface area contributed by atoms with Crippen LogP contribution in [0.1, 0.15) is 39.0 Å². The van der Waals surface area contributed by atoms with Gasteiger partial charge in [-0.2, -0.15) is 0 Å². The van der Waals surface area contributed by atoms with Crippen LogP contribution in [0.2, 0.25) is 0 Å². The molecule has 1 fully saturated rings. The minimum absolute atomic E-state index is 0.360. The zero-order valence-corrected chi connectivity index (χ0v) is 9.38. The molecule has 0 spiro atoms. The quantitative estimate of drug-likeness (QED) is 0.724. The molecule has 0 aliphatic carbocycles. The van der Waals surface area contributed by atoms with Crippen molar-refractivity contribution in [2.75, 3.05) is 20.1 Å². The van der Waals surface area contributed by atoms with Crippen LogP contribution in [0.3, 0.4) is 0 Å². The van der Waals surface area contributed by atoms with E-state index in [-0.39, 0.29) is 0 Å².